The average molecular weight is 498 g/mol. The van der Waals surface area contributed by atoms with Gasteiger partial charge in [-0.2, -0.15) is 0 Å². The van der Waals surface area contributed by atoms with Gasteiger partial charge < -0.3 is 14.8 Å². The minimum atomic E-state index is -0.575. The number of anilines is 1. The molecule has 0 bridgehead atoms. The summed E-state index contributed by atoms with van der Waals surface area (Å²) in [5.74, 6) is 7.66. The lowest BCUT2D eigenvalue weighted by atomic mass is 9.81. The molecular weight excluding hydrogens is 470 g/mol. The number of aromatic nitrogens is 2. The summed E-state index contributed by atoms with van der Waals surface area (Å²) >= 11 is 6.19. The smallest absolute Gasteiger partial charge is 0.131 e. The van der Waals surface area contributed by atoms with Crippen LogP contribution in [0.2, 0.25) is 5.02 Å². The van der Waals surface area contributed by atoms with Crippen molar-refractivity contribution >= 4 is 28.3 Å². The molecule has 5 rings (SSSR count). The van der Waals surface area contributed by atoms with Crippen LogP contribution in [0.1, 0.15) is 36.8 Å². The van der Waals surface area contributed by atoms with Crippen LogP contribution in [0.5, 0.6) is 5.75 Å². The second kappa shape index (κ2) is 11.0. The Bertz CT molecular complexity index is 1400. The van der Waals surface area contributed by atoms with Crippen LogP contribution in [0.3, 0.4) is 0 Å². The predicted octanol–water partition coefficient (Wildman–Crippen LogP) is 6.65. The number of hydrogen-bond acceptors (Lipinski definition) is 5. The summed E-state index contributed by atoms with van der Waals surface area (Å²) in [5, 5.41) is 4.37. The number of rotatable bonds is 6. The average Bonchev–Trinajstić information content (AvgIpc) is 2.91. The molecule has 36 heavy (non-hydrogen) atoms. The Morgan fingerprint density at radius 1 is 1.03 bits per heavy atom. The molecule has 4 aromatic rings. The number of hydrogen-bond donors (Lipinski definition) is 1. The molecular formula is C30H28ClN3O2. The van der Waals surface area contributed by atoms with Crippen LogP contribution in [0.25, 0.3) is 11.0 Å². The Morgan fingerprint density at radius 2 is 1.86 bits per heavy atom. The number of methoxy groups -OCH3 is 1. The number of nitrogens with zero attached hydrogens (tertiary/aromatic N) is 2. The molecule has 1 aliphatic carbocycles. The van der Waals surface area contributed by atoms with Crippen molar-refractivity contribution in [3.05, 3.63) is 95.3 Å². The molecule has 1 heterocycles. The van der Waals surface area contributed by atoms with Crippen molar-refractivity contribution < 1.29 is 9.47 Å². The van der Waals surface area contributed by atoms with Crippen LogP contribution in [-0.2, 0) is 11.3 Å². The van der Waals surface area contributed by atoms with E-state index in [1.165, 1.54) is 0 Å². The fraction of sp³-hybridized carbons (Fsp3) is 0.267. The predicted molar refractivity (Wildman–Crippen MR) is 144 cm³/mol. The number of benzene rings is 3. The van der Waals surface area contributed by atoms with Crippen LogP contribution in [-0.4, -0.2) is 28.7 Å². The largest absolute Gasteiger partial charge is 0.497 e. The molecule has 3 aromatic carbocycles. The summed E-state index contributed by atoms with van der Waals surface area (Å²) in [6.07, 6.45) is 7.13. The maximum Gasteiger partial charge on any atom is 0.131 e. The minimum Gasteiger partial charge on any atom is -0.497 e. The van der Waals surface area contributed by atoms with Gasteiger partial charge in [0.2, 0.25) is 0 Å². The zero-order valence-corrected chi connectivity index (χ0v) is 21.0. The van der Waals surface area contributed by atoms with Gasteiger partial charge in [0.05, 0.1) is 24.8 Å². The lowest BCUT2D eigenvalue weighted by Gasteiger charge is -2.38. The normalized spacial score (nSPS) is 19.3. The first-order chi connectivity index (χ1) is 17.6. The van der Waals surface area contributed by atoms with Crippen molar-refractivity contribution in [1.82, 2.24) is 9.97 Å². The van der Waals surface area contributed by atoms with Gasteiger partial charge in [-0.15, -0.1) is 0 Å². The van der Waals surface area contributed by atoms with Gasteiger partial charge in [-0.3, -0.25) is 9.97 Å². The highest BCUT2D eigenvalue weighted by molar-refractivity contribution is 6.30. The maximum atomic E-state index is 6.61. The third kappa shape index (κ3) is 5.96. The molecule has 6 heteroatoms. The molecule has 1 N–H and O–H groups in total. The quantitative estimate of drug-likeness (QED) is 0.302. The molecule has 0 amide bonds. The van der Waals surface area contributed by atoms with Gasteiger partial charge in [0.1, 0.15) is 11.4 Å². The SMILES string of the molecule is COc1ccc(COC2(C#Cc3cccc(Cl)c3)CCCC(Nc3ccc4nccnc4c3)C2)cc1. The van der Waals surface area contributed by atoms with E-state index in [4.69, 9.17) is 21.1 Å². The summed E-state index contributed by atoms with van der Waals surface area (Å²) in [4.78, 5) is 8.81. The van der Waals surface area contributed by atoms with Gasteiger partial charge in [0.15, 0.2) is 0 Å². The van der Waals surface area contributed by atoms with E-state index in [9.17, 15) is 0 Å². The number of nitrogens with one attached hydrogen (secondary N) is 1. The molecule has 1 fully saturated rings. The lowest BCUT2D eigenvalue weighted by Crippen LogP contribution is -2.41. The van der Waals surface area contributed by atoms with Gasteiger partial charge >= 0.3 is 0 Å². The second-order valence-electron chi connectivity index (χ2n) is 9.09. The highest BCUT2D eigenvalue weighted by Crippen LogP contribution is 2.34. The summed E-state index contributed by atoms with van der Waals surface area (Å²) in [5.41, 5.74) is 4.19. The van der Waals surface area contributed by atoms with E-state index in [0.717, 1.165) is 59.3 Å². The van der Waals surface area contributed by atoms with Crippen molar-refractivity contribution in [2.24, 2.45) is 0 Å². The Hall–Kier alpha value is -3.59. The van der Waals surface area contributed by atoms with E-state index in [1.807, 2.05) is 54.6 Å². The highest BCUT2D eigenvalue weighted by atomic mass is 35.5. The lowest BCUT2D eigenvalue weighted by molar-refractivity contribution is -0.0395. The first-order valence-corrected chi connectivity index (χ1v) is 12.5. The van der Waals surface area contributed by atoms with E-state index >= 15 is 0 Å². The third-order valence-corrected chi connectivity index (χ3v) is 6.72. The maximum absolute atomic E-state index is 6.61. The second-order valence-corrected chi connectivity index (χ2v) is 9.53. The van der Waals surface area contributed by atoms with Crippen LogP contribution in [0.15, 0.2) is 79.1 Å². The number of fused-ring (bicyclic) bond motifs is 1. The fourth-order valence-corrected chi connectivity index (χ4v) is 4.81. The molecule has 1 aliphatic rings. The number of ether oxygens (including phenoxy) is 2. The van der Waals surface area contributed by atoms with E-state index in [0.29, 0.717) is 11.6 Å². The van der Waals surface area contributed by atoms with Gasteiger partial charge in [0.25, 0.3) is 0 Å². The van der Waals surface area contributed by atoms with Gasteiger partial charge in [-0.25, -0.2) is 0 Å². The van der Waals surface area contributed by atoms with Crippen LogP contribution in [0.4, 0.5) is 5.69 Å². The summed E-state index contributed by atoms with van der Waals surface area (Å²) in [6, 6.07) is 22.0. The molecule has 2 unspecified atom stereocenters. The van der Waals surface area contributed by atoms with Crippen molar-refractivity contribution in [1.29, 1.82) is 0 Å². The molecule has 0 aliphatic heterocycles. The molecule has 0 radical (unpaired) electrons. The Morgan fingerprint density at radius 3 is 2.67 bits per heavy atom. The van der Waals surface area contributed by atoms with E-state index in [2.05, 4.69) is 39.3 Å². The first-order valence-electron chi connectivity index (χ1n) is 12.1. The molecule has 1 saturated carbocycles. The van der Waals surface area contributed by atoms with Gasteiger partial charge in [0, 0.05) is 41.1 Å². The van der Waals surface area contributed by atoms with Crippen molar-refractivity contribution in [2.45, 2.75) is 43.9 Å². The van der Waals surface area contributed by atoms with Crippen molar-refractivity contribution in [3.8, 4) is 17.6 Å². The number of halogens is 1. The minimum absolute atomic E-state index is 0.220. The molecule has 0 spiro atoms. The summed E-state index contributed by atoms with van der Waals surface area (Å²) in [7, 11) is 1.67. The van der Waals surface area contributed by atoms with Crippen LogP contribution < -0.4 is 10.1 Å². The summed E-state index contributed by atoms with van der Waals surface area (Å²) in [6.45, 7) is 0.479. The molecule has 5 nitrogen and oxygen atoms in total. The topological polar surface area (TPSA) is 56.3 Å². The standard InChI is InChI=1S/C30H28ClN3O2/c1-35-27-10-7-23(8-11-27)21-36-30(15-13-22-4-2-5-24(31)18-22)14-3-6-26(20-30)34-25-9-12-28-29(19-25)33-17-16-32-28/h2,4-5,7-12,16-19,26,34H,3,6,14,20-21H2,1H3. The van der Waals surface area contributed by atoms with Crippen LogP contribution in [0, 0.1) is 11.8 Å². The van der Waals surface area contributed by atoms with E-state index < -0.39 is 5.60 Å². The summed E-state index contributed by atoms with van der Waals surface area (Å²) < 4.78 is 11.9. The fourth-order valence-electron chi connectivity index (χ4n) is 4.62. The van der Waals surface area contributed by atoms with Crippen molar-refractivity contribution in [2.75, 3.05) is 12.4 Å². The highest BCUT2D eigenvalue weighted by Gasteiger charge is 2.36. The van der Waals surface area contributed by atoms with Gasteiger partial charge in [-0.1, -0.05) is 41.6 Å². The third-order valence-electron chi connectivity index (χ3n) is 6.48. The molecule has 2 atom stereocenters. The van der Waals surface area contributed by atoms with E-state index in [1.54, 1.807) is 19.5 Å². The molecule has 1 aromatic heterocycles. The van der Waals surface area contributed by atoms with Gasteiger partial charge in [-0.05, 0) is 73.4 Å². The first kappa shape index (κ1) is 24.1. The Labute approximate surface area is 216 Å². The van der Waals surface area contributed by atoms with Crippen LogP contribution >= 0.6 is 11.6 Å². The van der Waals surface area contributed by atoms with Crippen molar-refractivity contribution in [3.63, 3.8) is 0 Å². The Balaban J connectivity index is 1.38. The Kier molecular flexibility index (Phi) is 7.36. The monoisotopic (exact) mass is 497 g/mol. The van der Waals surface area contributed by atoms with E-state index in [-0.39, 0.29) is 6.04 Å². The molecule has 182 valence electrons. The molecule has 0 saturated heterocycles. The zero-order valence-electron chi connectivity index (χ0n) is 20.2. The zero-order chi connectivity index (χ0) is 24.8.